The van der Waals surface area contributed by atoms with Crippen molar-refractivity contribution < 1.29 is 14.3 Å². The second kappa shape index (κ2) is 6.08. The van der Waals surface area contributed by atoms with Crippen molar-refractivity contribution in [3.8, 4) is 5.75 Å². The zero-order valence-corrected chi connectivity index (χ0v) is 11.3. The van der Waals surface area contributed by atoms with Gasteiger partial charge in [0.05, 0.1) is 18.4 Å². The van der Waals surface area contributed by atoms with Gasteiger partial charge in [0.25, 0.3) is 5.91 Å². The van der Waals surface area contributed by atoms with Gasteiger partial charge >= 0.3 is 0 Å². The predicted molar refractivity (Wildman–Crippen MR) is 72.7 cm³/mol. The van der Waals surface area contributed by atoms with Crippen molar-refractivity contribution in [1.82, 2.24) is 5.32 Å². The molecule has 0 bridgehead atoms. The minimum absolute atomic E-state index is 0.103. The molecule has 1 atom stereocenters. The fourth-order valence-corrected chi connectivity index (χ4v) is 1.71. The summed E-state index contributed by atoms with van der Waals surface area (Å²) in [6.07, 6.45) is 0. The number of carbonyl (C=O) groups excluding carboxylic acids is 2. The molecule has 1 unspecified atom stereocenters. The molecule has 0 spiro atoms. The third-order valence-electron chi connectivity index (χ3n) is 2.79. The van der Waals surface area contributed by atoms with Crippen LogP contribution in [0.2, 0.25) is 0 Å². The predicted octanol–water partition coefficient (Wildman–Crippen LogP) is 0.517. The lowest BCUT2D eigenvalue weighted by Crippen LogP contribution is -2.47. The summed E-state index contributed by atoms with van der Waals surface area (Å²) in [7, 11) is 1.47. The Morgan fingerprint density at radius 1 is 1.32 bits per heavy atom. The van der Waals surface area contributed by atoms with E-state index in [9.17, 15) is 9.59 Å². The van der Waals surface area contributed by atoms with Crippen LogP contribution in [-0.2, 0) is 4.79 Å². The number of carbonyl (C=O) groups is 2. The second-order valence-electron chi connectivity index (χ2n) is 4.52. The zero-order valence-electron chi connectivity index (χ0n) is 11.3. The minimum atomic E-state index is -0.738. The Balaban J connectivity index is 2.98. The van der Waals surface area contributed by atoms with Crippen molar-refractivity contribution in [3.05, 3.63) is 23.8 Å². The second-order valence-corrected chi connectivity index (χ2v) is 4.52. The number of rotatable bonds is 5. The first-order valence-electron chi connectivity index (χ1n) is 5.91. The van der Waals surface area contributed by atoms with Gasteiger partial charge in [0.15, 0.2) is 0 Å². The lowest BCUT2D eigenvalue weighted by atomic mass is 10.0. The zero-order chi connectivity index (χ0) is 14.6. The smallest absolute Gasteiger partial charge is 0.254 e. The molecule has 5 N–H and O–H groups in total. The molecule has 0 saturated carbocycles. The molecule has 0 fully saturated rings. The molecule has 6 nitrogen and oxygen atoms in total. The van der Waals surface area contributed by atoms with Crippen LogP contribution in [0.1, 0.15) is 24.2 Å². The quantitative estimate of drug-likeness (QED) is 0.674. The van der Waals surface area contributed by atoms with Gasteiger partial charge in [-0.15, -0.1) is 0 Å². The van der Waals surface area contributed by atoms with Crippen LogP contribution in [0.4, 0.5) is 5.69 Å². The Labute approximate surface area is 112 Å². The lowest BCUT2D eigenvalue weighted by Gasteiger charge is -2.19. The molecule has 1 aromatic carbocycles. The minimum Gasteiger partial charge on any atom is -0.495 e. The number of para-hydroxylation sites is 1. The van der Waals surface area contributed by atoms with Gasteiger partial charge in [0.2, 0.25) is 5.91 Å². The van der Waals surface area contributed by atoms with E-state index in [-0.39, 0.29) is 17.2 Å². The summed E-state index contributed by atoms with van der Waals surface area (Å²) in [5.74, 6) is -0.722. The molecule has 1 rings (SSSR count). The van der Waals surface area contributed by atoms with Gasteiger partial charge in [0, 0.05) is 0 Å². The van der Waals surface area contributed by atoms with Gasteiger partial charge in [-0.2, -0.15) is 0 Å². The van der Waals surface area contributed by atoms with Gasteiger partial charge < -0.3 is 21.5 Å². The van der Waals surface area contributed by atoms with E-state index < -0.39 is 17.9 Å². The van der Waals surface area contributed by atoms with Crippen molar-refractivity contribution in [3.63, 3.8) is 0 Å². The van der Waals surface area contributed by atoms with E-state index in [1.165, 1.54) is 7.11 Å². The topological polar surface area (TPSA) is 107 Å². The maximum absolute atomic E-state index is 12.1. The number of methoxy groups -OCH3 is 1. The van der Waals surface area contributed by atoms with Crippen LogP contribution in [0.25, 0.3) is 0 Å². The van der Waals surface area contributed by atoms with E-state index in [1.54, 1.807) is 32.0 Å². The van der Waals surface area contributed by atoms with Crippen LogP contribution >= 0.6 is 0 Å². The molecular weight excluding hydrogens is 246 g/mol. The summed E-state index contributed by atoms with van der Waals surface area (Å²) in [5, 5.41) is 2.58. The first kappa shape index (κ1) is 14.8. The average molecular weight is 265 g/mol. The average Bonchev–Trinajstić information content (AvgIpc) is 2.35. The van der Waals surface area contributed by atoms with Crippen LogP contribution in [0.5, 0.6) is 5.75 Å². The first-order valence-corrected chi connectivity index (χ1v) is 5.91. The summed E-state index contributed by atoms with van der Waals surface area (Å²) in [6.45, 7) is 3.59. The Hall–Kier alpha value is -2.24. The molecule has 1 aromatic rings. The number of nitrogen functional groups attached to an aromatic ring is 1. The number of amides is 2. The number of hydrogen-bond acceptors (Lipinski definition) is 4. The fourth-order valence-electron chi connectivity index (χ4n) is 1.71. The molecule has 0 heterocycles. The van der Waals surface area contributed by atoms with Crippen LogP contribution < -0.4 is 21.5 Å². The lowest BCUT2D eigenvalue weighted by molar-refractivity contribution is -0.120. The van der Waals surface area contributed by atoms with Crippen LogP contribution in [-0.4, -0.2) is 25.0 Å². The fraction of sp³-hybridized carbons (Fsp3) is 0.385. The molecule has 0 aliphatic rings. The Bertz CT molecular complexity index is 486. The Kier molecular flexibility index (Phi) is 4.74. The number of benzene rings is 1. The molecule has 6 heteroatoms. The molecule has 19 heavy (non-hydrogen) atoms. The van der Waals surface area contributed by atoms with E-state index in [0.717, 1.165) is 0 Å². The summed E-state index contributed by atoms with van der Waals surface area (Å²) in [5.41, 5.74) is 11.6. The maximum Gasteiger partial charge on any atom is 0.254 e. The Morgan fingerprint density at radius 3 is 2.42 bits per heavy atom. The van der Waals surface area contributed by atoms with E-state index in [2.05, 4.69) is 5.32 Å². The van der Waals surface area contributed by atoms with E-state index in [4.69, 9.17) is 16.2 Å². The van der Waals surface area contributed by atoms with E-state index >= 15 is 0 Å². The maximum atomic E-state index is 12.1. The van der Waals surface area contributed by atoms with Crippen molar-refractivity contribution in [2.45, 2.75) is 19.9 Å². The number of anilines is 1. The van der Waals surface area contributed by atoms with Crippen LogP contribution in [0.3, 0.4) is 0 Å². The third-order valence-corrected chi connectivity index (χ3v) is 2.79. The highest BCUT2D eigenvalue weighted by molar-refractivity contribution is 6.02. The van der Waals surface area contributed by atoms with Crippen molar-refractivity contribution in [1.29, 1.82) is 0 Å². The molecule has 2 amide bonds. The molecule has 0 aliphatic carbocycles. The molecule has 0 aromatic heterocycles. The van der Waals surface area contributed by atoms with E-state index in [1.807, 2.05) is 0 Å². The summed E-state index contributed by atoms with van der Waals surface area (Å²) in [4.78, 5) is 23.4. The standard InChI is InChI=1S/C13H19N3O3/c1-7(2)11(12(15)17)16-13(18)8-5-4-6-9(19-3)10(8)14/h4-7,11H,14H2,1-3H3,(H2,15,17)(H,16,18). The SMILES string of the molecule is COc1cccc(C(=O)NC(C(N)=O)C(C)C)c1N. The normalized spacial score (nSPS) is 12.0. The van der Waals surface area contributed by atoms with Gasteiger partial charge in [-0.25, -0.2) is 0 Å². The highest BCUT2D eigenvalue weighted by atomic mass is 16.5. The first-order chi connectivity index (χ1) is 8.88. The molecule has 0 radical (unpaired) electrons. The molecule has 104 valence electrons. The highest BCUT2D eigenvalue weighted by Gasteiger charge is 2.23. The van der Waals surface area contributed by atoms with Gasteiger partial charge in [-0.3, -0.25) is 9.59 Å². The van der Waals surface area contributed by atoms with Crippen molar-refractivity contribution in [2.24, 2.45) is 11.7 Å². The molecular formula is C13H19N3O3. The summed E-state index contributed by atoms with van der Waals surface area (Å²) in [6, 6.07) is 4.13. The number of nitrogens with two attached hydrogens (primary N) is 2. The largest absolute Gasteiger partial charge is 0.495 e. The number of nitrogens with one attached hydrogen (secondary N) is 1. The Morgan fingerprint density at radius 2 is 1.95 bits per heavy atom. The number of hydrogen-bond donors (Lipinski definition) is 3. The third kappa shape index (κ3) is 3.37. The van der Waals surface area contributed by atoms with Crippen LogP contribution in [0.15, 0.2) is 18.2 Å². The van der Waals surface area contributed by atoms with Gasteiger partial charge in [0.1, 0.15) is 11.8 Å². The summed E-state index contributed by atoms with van der Waals surface area (Å²) >= 11 is 0. The molecule has 0 saturated heterocycles. The molecule has 0 aliphatic heterocycles. The van der Waals surface area contributed by atoms with Gasteiger partial charge in [-0.1, -0.05) is 19.9 Å². The monoisotopic (exact) mass is 265 g/mol. The van der Waals surface area contributed by atoms with Crippen LogP contribution in [0, 0.1) is 5.92 Å². The summed E-state index contributed by atoms with van der Waals surface area (Å²) < 4.78 is 5.04. The highest BCUT2D eigenvalue weighted by Crippen LogP contribution is 2.24. The number of primary amides is 1. The van der Waals surface area contributed by atoms with E-state index in [0.29, 0.717) is 5.75 Å². The van der Waals surface area contributed by atoms with Gasteiger partial charge in [-0.05, 0) is 18.1 Å². The van der Waals surface area contributed by atoms with Crippen molar-refractivity contribution in [2.75, 3.05) is 12.8 Å². The van der Waals surface area contributed by atoms with Crippen molar-refractivity contribution >= 4 is 17.5 Å². The number of ether oxygens (including phenoxy) is 1.